The van der Waals surface area contributed by atoms with Crippen LogP contribution in [-0.2, 0) is 11.9 Å². The van der Waals surface area contributed by atoms with Crippen LogP contribution in [-0.4, -0.2) is 35.0 Å². The molecular weight excluding hydrogens is 422 g/mol. The van der Waals surface area contributed by atoms with Crippen molar-refractivity contribution in [2.45, 2.75) is 37.6 Å². The molecule has 0 spiro atoms. The van der Waals surface area contributed by atoms with Crippen molar-refractivity contribution in [1.82, 2.24) is 9.47 Å². The Balaban J connectivity index is 1.54. The largest absolute Gasteiger partial charge is 0.347 e. The molecular formula is C23H25BrF2N2. The first-order valence-electron chi connectivity index (χ1n) is 9.81. The van der Waals surface area contributed by atoms with Gasteiger partial charge in [0.2, 0.25) is 0 Å². The maximum Gasteiger partial charge on any atom is 0.261 e. The Morgan fingerprint density at radius 1 is 1.04 bits per heavy atom. The predicted molar refractivity (Wildman–Crippen MR) is 115 cm³/mol. The van der Waals surface area contributed by atoms with Crippen molar-refractivity contribution in [3.8, 4) is 11.1 Å². The molecule has 2 aromatic carbocycles. The number of halogens is 3. The zero-order valence-electron chi connectivity index (χ0n) is 16.1. The Kier molecular flexibility index (Phi) is 5.57. The fourth-order valence-electron chi connectivity index (χ4n) is 4.24. The molecule has 5 heteroatoms. The number of hydrogen-bond donors (Lipinski definition) is 0. The quantitative estimate of drug-likeness (QED) is 0.406. The van der Waals surface area contributed by atoms with Crippen LogP contribution in [0.4, 0.5) is 8.78 Å². The number of nitrogens with zero attached hydrogens (tertiary/aromatic N) is 2. The number of hydrogen-bond acceptors (Lipinski definition) is 1. The molecule has 1 aliphatic heterocycles. The third-order valence-corrected chi connectivity index (χ3v) is 6.42. The highest BCUT2D eigenvalue weighted by Crippen LogP contribution is 2.33. The first kappa shape index (κ1) is 19.6. The summed E-state index contributed by atoms with van der Waals surface area (Å²) in [6.07, 6.45) is 2.99. The third-order valence-electron chi connectivity index (χ3n) is 5.82. The van der Waals surface area contributed by atoms with Crippen molar-refractivity contribution in [3.63, 3.8) is 0 Å². The molecule has 28 heavy (non-hydrogen) atoms. The molecule has 148 valence electrons. The molecule has 0 saturated carbocycles. The lowest BCUT2D eigenvalue weighted by Crippen LogP contribution is -2.26. The second-order valence-electron chi connectivity index (χ2n) is 7.71. The van der Waals surface area contributed by atoms with Gasteiger partial charge in [-0.05, 0) is 47.7 Å². The second-order valence-corrected chi connectivity index (χ2v) is 8.27. The topological polar surface area (TPSA) is 8.17 Å². The Hall–Kier alpha value is -1.72. The number of fused-ring (bicyclic) bond motifs is 1. The minimum atomic E-state index is -2.50. The van der Waals surface area contributed by atoms with Gasteiger partial charge in [0.25, 0.3) is 5.92 Å². The van der Waals surface area contributed by atoms with Crippen LogP contribution in [0.3, 0.4) is 0 Å². The van der Waals surface area contributed by atoms with Crippen LogP contribution in [0, 0.1) is 6.92 Å². The number of benzene rings is 2. The van der Waals surface area contributed by atoms with Gasteiger partial charge in [-0.15, -0.1) is 0 Å². The monoisotopic (exact) mass is 446 g/mol. The van der Waals surface area contributed by atoms with Gasteiger partial charge in [-0.1, -0.05) is 46.3 Å². The van der Waals surface area contributed by atoms with E-state index < -0.39 is 5.92 Å². The molecule has 2 nitrogen and oxygen atoms in total. The highest BCUT2D eigenvalue weighted by molar-refractivity contribution is 9.08. The molecule has 1 fully saturated rings. The number of likely N-dealkylation sites (tertiary alicyclic amines) is 1. The van der Waals surface area contributed by atoms with E-state index in [1.54, 1.807) is 0 Å². The van der Waals surface area contributed by atoms with Gasteiger partial charge in [-0.3, -0.25) is 4.90 Å². The van der Waals surface area contributed by atoms with Crippen molar-refractivity contribution >= 4 is 26.8 Å². The zero-order chi connectivity index (χ0) is 19.7. The summed E-state index contributed by atoms with van der Waals surface area (Å²) in [4.78, 5) is 1.88. The molecule has 1 saturated heterocycles. The summed E-state index contributed by atoms with van der Waals surface area (Å²) < 4.78 is 28.9. The standard InChI is InChI=1S/C23H25BrF2N2/c1-17-18(15-24)5-2-6-19(17)20-7-3-8-22-21(20)9-13-28(22)12-4-11-27-14-10-23(25,26)16-27/h2-3,5-9,13H,4,10-12,14-16H2,1H3. The summed E-state index contributed by atoms with van der Waals surface area (Å²) in [5, 5.41) is 2.09. The molecule has 2 heterocycles. The summed E-state index contributed by atoms with van der Waals surface area (Å²) in [7, 11) is 0. The van der Waals surface area contributed by atoms with Gasteiger partial charge < -0.3 is 4.57 Å². The van der Waals surface area contributed by atoms with Crippen LogP contribution in [0.1, 0.15) is 24.0 Å². The van der Waals surface area contributed by atoms with E-state index in [0.717, 1.165) is 24.8 Å². The number of alkyl halides is 3. The van der Waals surface area contributed by atoms with Gasteiger partial charge in [-0.25, -0.2) is 8.78 Å². The smallest absolute Gasteiger partial charge is 0.261 e. The molecule has 0 N–H and O–H groups in total. The Morgan fingerprint density at radius 3 is 2.57 bits per heavy atom. The maximum absolute atomic E-state index is 13.3. The Bertz CT molecular complexity index is 980. The van der Waals surface area contributed by atoms with Gasteiger partial charge >= 0.3 is 0 Å². The van der Waals surface area contributed by atoms with Crippen LogP contribution >= 0.6 is 15.9 Å². The molecule has 0 atom stereocenters. The van der Waals surface area contributed by atoms with E-state index >= 15 is 0 Å². The average Bonchev–Trinajstić information content (AvgIpc) is 3.25. The third kappa shape index (κ3) is 3.87. The van der Waals surface area contributed by atoms with Gasteiger partial charge in [-0.2, -0.15) is 0 Å². The van der Waals surface area contributed by atoms with E-state index in [1.165, 1.54) is 33.2 Å². The van der Waals surface area contributed by atoms with Gasteiger partial charge in [0, 0.05) is 48.5 Å². The Labute approximate surface area is 173 Å². The molecule has 4 rings (SSSR count). The molecule has 1 aromatic heterocycles. The van der Waals surface area contributed by atoms with E-state index in [2.05, 4.69) is 76.1 Å². The van der Waals surface area contributed by atoms with Crippen molar-refractivity contribution in [2.24, 2.45) is 0 Å². The number of rotatable bonds is 6. The van der Waals surface area contributed by atoms with Crippen molar-refractivity contribution in [1.29, 1.82) is 0 Å². The predicted octanol–water partition coefficient (Wildman–Crippen LogP) is 6.24. The molecule has 3 aromatic rings. The van der Waals surface area contributed by atoms with Crippen LogP contribution in [0.2, 0.25) is 0 Å². The van der Waals surface area contributed by atoms with Crippen LogP contribution < -0.4 is 0 Å². The zero-order valence-corrected chi connectivity index (χ0v) is 17.7. The number of aryl methyl sites for hydroxylation is 1. The normalized spacial score (nSPS) is 16.9. The van der Waals surface area contributed by atoms with Crippen molar-refractivity contribution in [2.75, 3.05) is 19.6 Å². The molecule has 1 aliphatic rings. The van der Waals surface area contributed by atoms with E-state index in [4.69, 9.17) is 0 Å². The molecule has 0 aliphatic carbocycles. The minimum Gasteiger partial charge on any atom is -0.347 e. The fraction of sp³-hybridized carbons (Fsp3) is 0.391. The van der Waals surface area contributed by atoms with Crippen molar-refractivity contribution < 1.29 is 8.78 Å². The van der Waals surface area contributed by atoms with Gasteiger partial charge in [0.05, 0.1) is 6.54 Å². The van der Waals surface area contributed by atoms with Crippen molar-refractivity contribution in [3.05, 3.63) is 59.8 Å². The van der Waals surface area contributed by atoms with Gasteiger partial charge in [0.15, 0.2) is 0 Å². The highest BCUT2D eigenvalue weighted by Gasteiger charge is 2.37. The first-order valence-corrected chi connectivity index (χ1v) is 10.9. The SMILES string of the molecule is Cc1c(CBr)cccc1-c1cccc2c1ccn2CCCN1CCC(F)(F)C1. The summed E-state index contributed by atoms with van der Waals surface area (Å²) in [6, 6.07) is 15.1. The second kappa shape index (κ2) is 7.96. The summed E-state index contributed by atoms with van der Waals surface area (Å²) in [5.41, 5.74) is 6.31. The van der Waals surface area contributed by atoms with Crippen LogP contribution in [0.15, 0.2) is 48.7 Å². The minimum absolute atomic E-state index is 0.00434. The lowest BCUT2D eigenvalue weighted by atomic mass is 9.95. The average molecular weight is 447 g/mol. The lowest BCUT2D eigenvalue weighted by molar-refractivity contribution is 0.0121. The fourth-order valence-corrected chi connectivity index (χ4v) is 4.84. The lowest BCUT2D eigenvalue weighted by Gasteiger charge is -2.16. The van der Waals surface area contributed by atoms with Gasteiger partial charge in [0.1, 0.15) is 0 Å². The summed E-state index contributed by atoms with van der Waals surface area (Å²) >= 11 is 3.58. The first-order chi connectivity index (χ1) is 13.5. The summed E-state index contributed by atoms with van der Waals surface area (Å²) in [6.45, 7) is 4.16. The number of aromatic nitrogens is 1. The van der Waals surface area contributed by atoms with Crippen LogP contribution in [0.25, 0.3) is 22.0 Å². The van der Waals surface area contributed by atoms with Crippen LogP contribution in [0.5, 0.6) is 0 Å². The van der Waals surface area contributed by atoms with E-state index in [1.807, 2.05) is 4.90 Å². The summed E-state index contributed by atoms with van der Waals surface area (Å²) in [5.74, 6) is -2.50. The van der Waals surface area contributed by atoms with E-state index in [-0.39, 0.29) is 13.0 Å². The highest BCUT2D eigenvalue weighted by atomic mass is 79.9. The maximum atomic E-state index is 13.3. The Morgan fingerprint density at radius 2 is 1.82 bits per heavy atom. The molecule has 0 radical (unpaired) electrons. The van der Waals surface area contributed by atoms with E-state index in [9.17, 15) is 8.78 Å². The van der Waals surface area contributed by atoms with E-state index in [0.29, 0.717) is 6.54 Å². The molecule has 0 amide bonds. The molecule has 0 unspecified atom stereocenters. The molecule has 0 bridgehead atoms.